The molecular weight excluding hydrogens is 372 g/mol. The molecule has 0 aliphatic carbocycles. The normalized spacial score (nSPS) is 11.6. The second-order valence-corrected chi connectivity index (χ2v) is 5.36. The van der Waals surface area contributed by atoms with Crippen LogP contribution in [0.3, 0.4) is 0 Å². The van der Waals surface area contributed by atoms with Gasteiger partial charge in [-0.1, -0.05) is 6.07 Å². The minimum absolute atomic E-state index is 0.299. The van der Waals surface area contributed by atoms with Gasteiger partial charge in [0.25, 0.3) is 5.70 Å². The van der Waals surface area contributed by atoms with Gasteiger partial charge in [-0.2, -0.15) is 4.57 Å². The number of furan rings is 2. The van der Waals surface area contributed by atoms with Gasteiger partial charge in [0, 0.05) is 12.1 Å². The quantitative estimate of drug-likeness (QED) is 0.294. The van der Waals surface area contributed by atoms with E-state index in [9.17, 15) is 10.1 Å². The molecule has 0 bridgehead atoms. The highest BCUT2D eigenvalue weighted by molar-refractivity contribution is 5.72. The van der Waals surface area contributed by atoms with Crippen LogP contribution in [0.1, 0.15) is 11.5 Å². The summed E-state index contributed by atoms with van der Waals surface area (Å²) < 4.78 is 46.3. The molecule has 0 fully saturated rings. The van der Waals surface area contributed by atoms with Gasteiger partial charge in [0.2, 0.25) is 5.76 Å². The molecule has 136 valence electrons. The molecular formula is C15H11ClN2O8. The molecule has 26 heavy (non-hydrogen) atoms. The van der Waals surface area contributed by atoms with Gasteiger partial charge < -0.3 is 8.83 Å². The second kappa shape index (κ2) is 8.38. The van der Waals surface area contributed by atoms with Crippen molar-refractivity contribution < 1.29 is 47.2 Å². The fourth-order valence-electron chi connectivity index (χ4n) is 1.90. The number of aromatic nitrogens is 1. The summed E-state index contributed by atoms with van der Waals surface area (Å²) in [7, 11) is -4.94. The van der Waals surface area contributed by atoms with Gasteiger partial charge in [-0.05, 0) is 18.2 Å². The van der Waals surface area contributed by atoms with Crippen LogP contribution < -0.4 is 23.2 Å². The highest BCUT2D eigenvalue weighted by atomic mass is 35.7. The van der Waals surface area contributed by atoms with Crippen molar-refractivity contribution in [1.29, 1.82) is 0 Å². The lowest BCUT2D eigenvalue weighted by Gasteiger charge is -2.17. The van der Waals surface area contributed by atoms with E-state index in [0.717, 1.165) is 0 Å². The van der Waals surface area contributed by atoms with Crippen LogP contribution in [0.15, 0.2) is 70.0 Å². The Morgan fingerprint density at radius 1 is 1.04 bits per heavy atom. The van der Waals surface area contributed by atoms with Crippen molar-refractivity contribution in [3.63, 3.8) is 0 Å². The highest BCUT2D eigenvalue weighted by Gasteiger charge is 2.21. The summed E-state index contributed by atoms with van der Waals surface area (Å²) in [6.07, 6.45) is 6.96. The average Bonchev–Trinajstić information content (AvgIpc) is 3.23. The molecule has 11 heteroatoms. The van der Waals surface area contributed by atoms with Crippen LogP contribution in [0.25, 0.3) is 11.8 Å². The summed E-state index contributed by atoms with van der Waals surface area (Å²) in [5, 5.41) is 10.8. The number of nitro groups is 1. The van der Waals surface area contributed by atoms with Crippen molar-refractivity contribution >= 4 is 17.7 Å². The van der Waals surface area contributed by atoms with Crippen LogP contribution in [0.5, 0.6) is 0 Å². The van der Waals surface area contributed by atoms with Crippen LogP contribution in [0, 0.1) is 20.4 Å². The molecule has 3 rings (SSSR count). The Hall–Kier alpha value is -3.02. The first-order valence-corrected chi connectivity index (χ1v) is 8.06. The molecule has 0 atom stereocenters. The predicted molar refractivity (Wildman–Crippen MR) is 74.0 cm³/mol. The first-order chi connectivity index (χ1) is 12.2. The Morgan fingerprint density at radius 3 is 2.19 bits per heavy atom. The molecule has 0 saturated heterocycles. The van der Waals surface area contributed by atoms with E-state index in [-0.39, 0.29) is 5.88 Å². The third-order valence-corrected chi connectivity index (χ3v) is 2.84. The molecule has 0 aromatic carbocycles. The summed E-state index contributed by atoms with van der Waals surface area (Å²) in [4.78, 5) is 10.2. The Labute approximate surface area is 148 Å². The van der Waals surface area contributed by atoms with Crippen LogP contribution >= 0.6 is 0 Å². The number of hydrogen-bond acceptors (Lipinski definition) is 8. The van der Waals surface area contributed by atoms with Crippen LogP contribution in [-0.4, -0.2) is 4.92 Å². The third-order valence-electron chi connectivity index (χ3n) is 2.84. The Bertz CT molecular complexity index is 863. The van der Waals surface area contributed by atoms with Gasteiger partial charge in [-0.25, -0.2) is 18.6 Å². The van der Waals surface area contributed by atoms with Gasteiger partial charge in [0.1, 0.15) is 10.7 Å². The average molecular weight is 383 g/mol. The Balaban J connectivity index is 0.000000431. The van der Waals surface area contributed by atoms with E-state index in [1.54, 1.807) is 35.1 Å². The maximum absolute atomic E-state index is 10.8. The summed E-state index contributed by atoms with van der Waals surface area (Å²) in [6.45, 7) is 0. The Kier molecular flexibility index (Phi) is 6.22. The van der Waals surface area contributed by atoms with E-state index in [2.05, 4.69) is 0 Å². The number of hydrogen-bond donors (Lipinski definition) is 0. The van der Waals surface area contributed by atoms with E-state index in [4.69, 9.17) is 27.5 Å². The monoisotopic (exact) mass is 382 g/mol. The zero-order valence-electron chi connectivity index (χ0n) is 12.9. The van der Waals surface area contributed by atoms with Gasteiger partial charge in [0.05, 0.1) is 18.4 Å². The van der Waals surface area contributed by atoms with Gasteiger partial charge in [-0.3, -0.25) is 10.1 Å². The van der Waals surface area contributed by atoms with Crippen LogP contribution in [-0.2, 0) is 0 Å². The third kappa shape index (κ3) is 6.12. The molecule has 0 saturated carbocycles. The van der Waals surface area contributed by atoms with E-state index < -0.39 is 15.2 Å². The second-order valence-electron chi connectivity index (χ2n) is 4.60. The molecule has 0 aliphatic rings. The molecule has 0 unspecified atom stereocenters. The lowest BCUT2D eigenvalue weighted by atomic mass is 10.2. The van der Waals surface area contributed by atoms with Crippen molar-refractivity contribution in [3.8, 4) is 0 Å². The minimum atomic E-state index is -4.94. The molecule has 3 aromatic rings. The maximum Gasteiger partial charge on any atom is 0.433 e. The zero-order valence-corrected chi connectivity index (χ0v) is 13.6. The smallest absolute Gasteiger partial charge is 0.433 e. The van der Waals surface area contributed by atoms with E-state index in [1.807, 2.05) is 30.6 Å². The van der Waals surface area contributed by atoms with Crippen molar-refractivity contribution in [2.24, 2.45) is 0 Å². The summed E-state index contributed by atoms with van der Waals surface area (Å²) in [5.74, 6) is 0.710. The lowest BCUT2D eigenvalue weighted by Crippen LogP contribution is -2.68. The van der Waals surface area contributed by atoms with Gasteiger partial charge >= 0.3 is 5.88 Å². The van der Waals surface area contributed by atoms with Crippen molar-refractivity contribution in [2.75, 3.05) is 0 Å². The molecule has 0 N–H and O–H groups in total. The van der Waals surface area contributed by atoms with Crippen molar-refractivity contribution in [1.82, 2.24) is 0 Å². The molecule has 10 nitrogen and oxygen atoms in total. The topological polar surface area (TPSA) is 166 Å². The summed E-state index contributed by atoms with van der Waals surface area (Å²) >= 11 is 0. The van der Waals surface area contributed by atoms with Crippen LogP contribution in [0.2, 0.25) is 0 Å². The zero-order chi connectivity index (χ0) is 19.2. The fraction of sp³-hybridized carbons (Fsp3) is 0. The summed E-state index contributed by atoms with van der Waals surface area (Å²) in [6, 6.07) is 12.0. The molecule has 3 heterocycles. The van der Waals surface area contributed by atoms with Gasteiger partial charge in [-0.15, -0.1) is 10.2 Å². The first-order valence-electron chi connectivity index (χ1n) is 6.82. The Morgan fingerprint density at radius 2 is 1.69 bits per heavy atom. The van der Waals surface area contributed by atoms with Gasteiger partial charge in [0.15, 0.2) is 12.4 Å². The molecule has 3 aromatic heterocycles. The lowest BCUT2D eigenvalue weighted by molar-refractivity contribution is -2.00. The van der Waals surface area contributed by atoms with E-state index in [0.29, 0.717) is 17.2 Å². The molecule has 0 aliphatic heterocycles. The number of rotatable bonds is 4. The standard InChI is InChI=1S/C15H11N2O4.ClHO4/c18-17(19)15-7-6-14(21-15)13(11-12-5-4-10-20-12)16-8-2-1-3-9-16;2-1(3,4)5/h1-11H;(H,2,3,4,5)/q+1;/p-1/b13-11-;. The first kappa shape index (κ1) is 19.3. The fourth-order valence-corrected chi connectivity index (χ4v) is 1.90. The highest BCUT2D eigenvalue weighted by Crippen LogP contribution is 2.22. The molecule has 0 spiro atoms. The van der Waals surface area contributed by atoms with Crippen molar-refractivity contribution in [2.45, 2.75) is 0 Å². The number of pyridine rings is 1. The number of nitrogens with zero attached hydrogens (tertiary/aromatic N) is 2. The summed E-state index contributed by atoms with van der Waals surface area (Å²) in [5.41, 5.74) is 0.638. The maximum atomic E-state index is 10.8. The number of halogens is 1. The molecule has 0 radical (unpaired) electrons. The van der Waals surface area contributed by atoms with E-state index >= 15 is 0 Å². The van der Waals surface area contributed by atoms with E-state index in [1.165, 1.54) is 6.07 Å². The minimum Gasteiger partial charge on any atom is -0.465 e. The van der Waals surface area contributed by atoms with Crippen LogP contribution in [0.4, 0.5) is 5.88 Å². The largest absolute Gasteiger partial charge is 0.465 e. The predicted octanol–water partition coefficient (Wildman–Crippen LogP) is -1.64. The molecule has 0 amide bonds. The SMILES string of the molecule is O=[N+]([O-])c1ccc(/C(=C/c2ccco2)[n+]2ccccc2)o1.[O-][Cl+3]([O-])([O-])[O-]. The van der Waals surface area contributed by atoms with Crippen molar-refractivity contribution in [3.05, 3.63) is 82.8 Å².